The van der Waals surface area contributed by atoms with E-state index in [0.29, 0.717) is 18.8 Å². The summed E-state index contributed by atoms with van der Waals surface area (Å²) in [5.41, 5.74) is 1.41. The molecule has 1 aromatic heterocycles. The fraction of sp³-hybridized carbons (Fsp3) is 0.421. The molecule has 1 aliphatic heterocycles. The monoisotopic (exact) mass is 408 g/mol. The highest BCUT2D eigenvalue weighted by molar-refractivity contribution is 5.89. The minimum absolute atomic E-state index is 0.0708. The van der Waals surface area contributed by atoms with Crippen molar-refractivity contribution in [2.45, 2.75) is 31.7 Å². The van der Waals surface area contributed by atoms with Gasteiger partial charge in [0, 0.05) is 32.8 Å². The molecule has 1 fully saturated rings. The number of carbonyl (C=O) groups is 2. The minimum Gasteiger partial charge on any atom is -0.467 e. The number of aromatic nitrogens is 2. The molecule has 3 atom stereocenters. The number of benzene rings is 1. The Morgan fingerprint density at radius 3 is 2.83 bits per heavy atom. The van der Waals surface area contributed by atoms with E-state index in [0.717, 1.165) is 5.56 Å². The van der Waals surface area contributed by atoms with E-state index in [2.05, 4.69) is 15.0 Å². The number of halogens is 2. The van der Waals surface area contributed by atoms with Crippen molar-refractivity contribution in [3.05, 3.63) is 48.0 Å². The second kappa shape index (κ2) is 8.99. The maximum Gasteiger partial charge on any atom is 0.387 e. The summed E-state index contributed by atoms with van der Waals surface area (Å²) in [4.78, 5) is 30.6. The number of alkyl halides is 2. The number of carbonyl (C=O) groups excluding carboxylic acids is 2. The topological polar surface area (TPSA) is 85.5 Å². The van der Waals surface area contributed by atoms with Crippen LogP contribution in [-0.4, -0.2) is 58.7 Å². The number of ether oxygens (including phenoxy) is 2. The Labute approximate surface area is 166 Å². The summed E-state index contributed by atoms with van der Waals surface area (Å²) in [5.74, 6) is -0.772. The molecular weight excluding hydrogens is 386 g/mol. The third-order valence-corrected chi connectivity index (χ3v) is 4.50. The average molecular weight is 408 g/mol. The van der Waals surface area contributed by atoms with Gasteiger partial charge < -0.3 is 19.4 Å². The largest absolute Gasteiger partial charge is 0.467 e. The summed E-state index contributed by atoms with van der Waals surface area (Å²) >= 11 is 0. The Balaban J connectivity index is 1.56. The fourth-order valence-electron chi connectivity index (χ4n) is 3.04. The van der Waals surface area contributed by atoms with Gasteiger partial charge in [-0.15, -0.1) is 0 Å². The van der Waals surface area contributed by atoms with E-state index in [1.807, 2.05) is 11.9 Å². The van der Waals surface area contributed by atoms with Gasteiger partial charge in [0.1, 0.15) is 17.8 Å². The Morgan fingerprint density at radius 2 is 2.17 bits per heavy atom. The van der Waals surface area contributed by atoms with Crippen molar-refractivity contribution in [3.8, 4) is 5.75 Å². The van der Waals surface area contributed by atoms with E-state index >= 15 is 0 Å². The summed E-state index contributed by atoms with van der Waals surface area (Å²) < 4.78 is 35.6. The zero-order valence-corrected chi connectivity index (χ0v) is 16.0. The molecule has 1 aliphatic rings. The number of methoxy groups -OCH3 is 1. The maximum absolute atomic E-state index is 12.5. The fourth-order valence-corrected chi connectivity index (χ4v) is 3.04. The van der Waals surface area contributed by atoms with Gasteiger partial charge >= 0.3 is 12.6 Å². The molecule has 29 heavy (non-hydrogen) atoms. The number of hydrogen-bond donors (Lipinski definition) is 1. The van der Waals surface area contributed by atoms with E-state index in [1.54, 1.807) is 29.2 Å². The van der Waals surface area contributed by atoms with Crippen molar-refractivity contribution in [1.29, 1.82) is 0 Å². The highest BCUT2D eigenvalue weighted by Gasteiger charge is 2.41. The minimum atomic E-state index is -2.89. The number of aryl methyl sites for hydroxylation is 1. The molecule has 1 amide bonds. The number of imidazole rings is 1. The van der Waals surface area contributed by atoms with Gasteiger partial charge in [0.25, 0.3) is 0 Å². The molecule has 0 bridgehead atoms. The zero-order valence-electron chi connectivity index (χ0n) is 16.0. The zero-order chi connectivity index (χ0) is 21.0. The summed E-state index contributed by atoms with van der Waals surface area (Å²) in [6.07, 6.45) is 3.60. The smallest absolute Gasteiger partial charge is 0.387 e. The van der Waals surface area contributed by atoms with Gasteiger partial charge in [-0.3, -0.25) is 9.69 Å². The van der Waals surface area contributed by atoms with E-state index in [9.17, 15) is 18.4 Å². The molecule has 1 aromatic carbocycles. The summed E-state index contributed by atoms with van der Waals surface area (Å²) in [6, 6.07) is 5.10. The molecule has 0 radical (unpaired) electrons. The van der Waals surface area contributed by atoms with Crippen LogP contribution in [0.1, 0.15) is 11.3 Å². The lowest BCUT2D eigenvalue weighted by molar-refractivity contribution is -0.145. The lowest BCUT2D eigenvalue weighted by atomic mass is 10.1. The predicted molar refractivity (Wildman–Crippen MR) is 98.1 cm³/mol. The van der Waals surface area contributed by atoms with E-state index in [4.69, 9.17) is 4.74 Å². The number of esters is 1. The first-order valence-corrected chi connectivity index (χ1v) is 8.98. The molecule has 10 heteroatoms. The molecule has 3 unspecified atom stereocenters. The van der Waals surface area contributed by atoms with Crippen molar-refractivity contribution < 1.29 is 27.8 Å². The molecule has 1 saturated heterocycles. The van der Waals surface area contributed by atoms with Crippen molar-refractivity contribution in [2.75, 3.05) is 13.7 Å². The standard InChI is InChI=1S/C19H22F2N4O4/c1-24-9-13(22-11-24)7-15(18(27)28-2)23-17(26)16-10-25(16)8-12-4-3-5-14(6-12)29-19(20)21/h3-6,9,11,15-16,19H,7-8,10H2,1-2H3,(H,23,26). The molecule has 2 aromatic rings. The quantitative estimate of drug-likeness (QED) is 0.494. The number of nitrogens with zero attached hydrogens (tertiary/aromatic N) is 3. The number of hydrogen-bond acceptors (Lipinski definition) is 6. The molecule has 8 nitrogen and oxygen atoms in total. The Morgan fingerprint density at radius 1 is 1.38 bits per heavy atom. The third kappa shape index (κ3) is 5.74. The Bertz CT molecular complexity index is 873. The first kappa shape index (κ1) is 20.7. The van der Waals surface area contributed by atoms with E-state index in [-0.39, 0.29) is 18.1 Å². The van der Waals surface area contributed by atoms with Crippen molar-refractivity contribution in [3.63, 3.8) is 0 Å². The molecule has 0 aliphatic carbocycles. The van der Waals surface area contributed by atoms with Crippen LogP contribution in [-0.2, 0) is 34.3 Å². The van der Waals surface area contributed by atoms with Crippen LogP contribution in [0.2, 0.25) is 0 Å². The highest BCUT2D eigenvalue weighted by atomic mass is 19.3. The summed E-state index contributed by atoms with van der Waals surface area (Å²) in [5, 5.41) is 2.71. The highest BCUT2D eigenvalue weighted by Crippen LogP contribution is 2.24. The van der Waals surface area contributed by atoms with Crippen LogP contribution >= 0.6 is 0 Å². The van der Waals surface area contributed by atoms with Gasteiger partial charge in [0.2, 0.25) is 5.91 Å². The van der Waals surface area contributed by atoms with Crippen LogP contribution in [0.25, 0.3) is 0 Å². The second-order valence-corrected chi connectivity index (χ2v) is 6.79. The first-order valence-electron chi connectivity index (χ1n) is 8.98. The molecule has 0 spiro atoms. The SMILES string of the molecule is COC(=O)C(Cc1cn(C)cn1)NC(=O)C1CN1Cc1cccc(OC(F)F)c1. The molecule has 3 rings (SSSR count). The summed E-state index contributed by atoms with van der Waals surface area (Å²) in [6.45, 7) is -1.98. The maximum atomic E-state index is 12.5. The first-order chi connectivity index (χ1) is 13.9. The van der Waals surface area contributed by atoms with Crippen LogP contribution in [0.3, 0.4) is 0 Å². The molecular formula is C19H22F2N4O4. The Kier molecular flexibility index (Phi) is 6.42. The molecule has 156 valence electrons. The van der Waals surface area contributed by atoms with Crippen LogP contribution in [0.15, 0.2) is 36.8 Å². The Hall–Kier alpha value is -3.01. The van der Waals surface area contributed by atoms with Gasteiger partial charge in [-0.05, 0) is 17.7 Å². The third-order valence-electron chi connectivity index (χ3n) is 4.50. The van der Waals surface area contributed by atoms with Gasteiger partial charge in [-0.2, -0.15) is 8.78 Å². The van der Waals surface area contributed by atoms with Gasteiger partial charge in [-0.25, -0.2) is 9.78 Å². The van der Waals surface area contributed by atoms with Gasteiger partial charge in [-0.1, -0.05) is 12.1 Å². The number of rotatable bonds is 9. The molecule has 2 heterocycles. The van der Waals surface area contributed by atoms with Crippen LogP contribution in [0.5, 0.6) is 5.75 Å². The van der Waals surface area contributed by atoms with E-state index < -0.39 is 24.7 Å². The molecule has 1 N–H and O–H groups in total. The lowest BCUT2D eigenvalue weighted by Crippen LogP contribution is -2.45. The normalized spacial score (nSPS) is 18.9. The number of nitrogens with one attached hydrogen (secondary N) is 1. The lowest BCUT2D eigenvalue weighted by Gasteiger charge is -2.15. The van der Waals surface area contributed by atoms with E-state index in [1.165, 1.54) is 19.2 Å². The summed E-state index contributed by atoms with van der Waals surface area (Å²) in [7, 11) is 3.07. The van der Waals surface area contributed by atoms with Crippen molar-refractivity contribution in [1.82, 2.24) is 19.8 Å². The number of amides is 1. The predicted octanol–water partition coefficient (Wildman–Crippen LogP) is 1.11. The van der Waals surface area contributed by atoms with Crippen LogP contribution in [0.4, 0.5) is 8.78 Å². The second-order valence-electron chi connectivity index (χ2n) is 6.79. The van der Waals surface area contributed by atoms with Crippen molar-refractivity contribution >= 4 is 11.9 Å². The average Bonchev–Trinajstić information content (AvgIpc) is 3.32. The van der Waals surface area contributed by atoms with Gasteiger partial charge in [0.15, 0.2) is 0 Å². The molecule has 0 saturated carbocycles. The van der Waals surface area contributed by atoms with Crippen LogP contribution < -0.4 is 10.1 Å². The van der Waals surface area contributed by atoms with Crippen LogP contribution in [0, 0.1) is 0 Å². The van der Waals surface area contributed by atoms with Crippen molar-refractivity contribution in [2.24, 2.45) is 7.05 Å². The van der Waals surface area contributed by atoms with Gasteiger partial charge in [0.05, 0.1) is 19.1 Å².